The highest BCUT2D eigenvalue weighted by Crippen LogP contribution is 2.16. The molecule has 118 valence electrons. The number of carbonyl (C=O) groups excluding carboxylic acids is 2. The zero-order valence-corrected chi connectivity index (χ0v) is 13.2. The van der Waals surface area contributed by atoms with E-state index in [0.29, 0.717) is 18.8 Å². The number of hydrogen-bond donors (Lipinski definition) is 2. The van der Waals surface area contributed by atoms with Crippen LogP contribution in [0.1, 0.15) is 33.0 Å². The minimum atomic E-state index is -0.0683. The Balaban J connectivity index is 2.27. The van der Waals surface area contributed by atoms with Gasteiger partial charge in [-0.3, -0.25) is 9.59 Å². The van der Waals surface area contributed by atoms with Crippen LogP contribution in [0.15, 0.2) is 24.3 Å². The van der Waals surface area contributed by atoms with Crippen molar-refractivity contribution in [1.29, 1.82) is 0 Å². The molecule has 2 N–H and O–H groups in total. The van der Waals surface area contributed by atoms with Crippen LogP contribution in [0.4, 0.5) is 0 Å². The first-order chi connectivity index (χ1) is 10.5. The normalized spacial score (nSPS) is 10.9. The summed E-state index contributed by atoms with van der Waals surface area (Å²) >= 11 is 0. The van der Waals surface area contributed by atoms with Crippen molar-refractivity contribution in [3.05, 3.63) is 30.1 Å². The first-order valence-electron chi connectivity index (χ1n) is 7.51. The molecule has 0 saturated heterocycles. The first kappa shape index (κ1) is 16.0. The summed E-state index contributed by atoms with van der Waals surface area (Å²) in [4.78, 5) is 28.0. The van der Waals surface area contributed by atoms with Gasteiger partial charge in [0, 0.05) is 12.5 Å². The van der Waals surface area contributed by atoms with Crippen molar-refractivity contribution in [3.8, 4) is 0 Å². The number of nitrogens with one attached hydrogen (secondary N) is 2. The molecule has 0 unspecified atom stereocenters. The summed E-state index contributed by atoms with van der Waals surface area (Å²) in [5, 5.41) is 5.68. The van der Waals surface area contributed by atoms with Gasteiger partial charge in [0.25, 0.3) is 0 Å². The highest BCUT2D eigenvalue weighted by atomic mass is 16.2. The lowest BCUT2D eigenvalue weighted by Crippen LogP contribution is -2.34. The van der Waals surface area contributed by atoms with Crippen LogP contribution in [0.3, 0.4) is 0 Å². The lowest BCUT2D eigenvalue weighted by atomic mass is 10.3. The van der Waals surface area contributed by atoms with Crippen LogP contribution in [0.5, 0.6) is 0 Å². The molecule has 2 amide bonds. The molecule has 0 aliphatic rings. The van der Waals surface area contributed by atoms with Crippen molar-refractivity contribution in [2.45, 2.75) is 46.3 Å². The topological polar surface area (TPSA) is 76.0 Å². The van der Waals surface area contributed by atoms with Crippen LogP contribution < -0.4 is 10.6 Å². The van der Waals surface area contributed by atoms with E-state index in [1.165, 1.54) is 0 Å². The maximum Gasteiger partial charge on any atom is 0.240 e. The Bertz CT molecular complexity index is 676. The second kappa shape index (κ2) is 7.06. The fraction of sp³-hybridized carbons (Fsp3) is 0.438. The van der Waals surface area contributed by atoms with Gasteiger partial charge in [-0.15, -0.1) is 0 Å². The number of aromatic nitrogens is 2. The van der Waals surface area contributed by atoms with E-state index < -0.39 is 0 Å². The van der Waals surface area contributed by atoms with Crippen molar-refractivity contribution in [2.24, 2.45) is 0 Å². The number of amides is 2. The average Bonchev–Trinajstić information content (AvgIpc) is 2.82. The van der Waals surface area contributed by atoms with Crippen LogP contribution in [-0.4, -0.2) is 27.4 Å². The maximum atomic E-state index is 12.1. The van der Waals surface area contributed by atoms with Crippen LogP contribution >= 0.6 is 0 Å². The van der Waals surface area contributed by atoms with E-state index in [-0.39, 0.29) is 24.4 Å². The lowest BCUT2D eigenvalue weighted by molar-refractivity contribution is -0.122. The Morgan fingerprint density at radius 3 is 2.64 bits per heavy atom. The second-order valence-electron chi connectivity index (χ2n) is 5.46. The molecule has 1 aromatic carbocycles. The fourth-order valence-electron chi connectivity index (χ4n) is 2.25. The highest BCUT2D eigenvalue weighted by molar-refractivity contribution is 5.81. The van der Waals surface area contributed by atoms with E-state index in [4.69, 9.17) is 0 Å². The molecule has 6 nitrogen and oxygen atoms in total. The summed E-state index contributed by atoms with van der Waals surface area (Å²) in [7, 11) is 0. The largest absolute Gasteiger partial charge is 0.352 e. The molecule has 0 fully saturated rings. The molecule has 2 aromatic rings. The third-order valence-electron chi connectivity index (χ3n) is 3.25. The monoisotopic (exact) mass is 302 g/mol. The van der Waals surface area contributed by atoms with Crippen LogP contribution in [-0.2, 0) is 22.7 Å². The van der Waals surface area contributed by atoms with Gasteiger partial charge in [-0.2, -0.15) is 0 Å². The molecule has 2 rings (SSSR count). The molecule has 0 aliphatic heterocycles. The minimum Gasteiger partial charge on any atom is -0.352 e. The van der Waals surface area contributed by atoms with Crippen LogP contribution in [0, 0.1) is 0 Å². The SMILES string of the molecule is CCC(=O)NCc1nc2ccccc2n1CC(=O)NC(C)C. The molecular formula is C16H22N4O2. The Kier molecular flexibility index (Phi) is 5.14. The van der Waals surface area contributed by atoms with Gasteiger partial charge < -0.3 is 15.2 Å². The van der Waals surface area contributed by atoms with Crippen molar-refractivity contribution in [1.82, 2.24) is 20.2 Å². The number of hydrogen-bond acceptors (Lipinski definition) is 3. The van der Waals surface area contributed by atoms with E-state index in [1.54, 1.807) is 6.92 Å². The summed E-state index contributed by atoms with van der Waals surface area (Å²) in [5.74, 6) is 0.577. The third kappa shape index (κ3) is 3.84. The van der Waals surface area contributed by atoms with Gasteiger partial charge in [0.1, 0.15) is 12.4 Å². The van der Waals surface area contributed by atoms with E-state index in [9.17, 15) is 9.59 Å². The molecule has 1 heterocycles. The van der Waals surface area contributed by atoms with Crippen molar-refractivity contribution in [2.75, 3.05) is 0 Å². The smallest absolute Gasteiger partial charge is 0.240 e. The van der Waals surface area contributed by atoms with E-state index >= 15 is 0 Å². The first-order valence-corrected chi connectivity index (χ1v) is 7.51. The molecule has 0 aliphatic carbocycles. The second-order valence-corrected chi connectivity index (χ2v) is 5.46. The summed E-state index contributed by atoms with van der Waals surface area (Å²) in [6.45, 7) is 6.15. The fourth-order valence-corrected chi connectivity index (χ4v) is 2.25. The summed E-state index contributed by atoms with van der Waals surface area (Å²) in [6.07, 6.45) is 0.425. The zero-order chi connectivity index (χ0) is 16.1. The summed E-state index contributed by atoms with van der Waals surface area (Å²) < 4.78 is 1.85. The molecule has 0 radical (unpaired) electrons. The van der Waals surface area contributed by atoms with Gasteiger partial charge in [0.15, 0.2) is 0 Å². The molecule has 0 spiro atoms. The number of para-hydroxylation sites is 2. The Morgan fingerprint density at radius 2 is 1.95 bits per heavy atom. The molecule has 6 heteroatoms. The Hall–Kier alpha value is -2.37. The Morgan fingerprint density at radius 1 is 1.23 bits per heavy atom. The standard InChI is InChI=1S/C16H22N4O2/c1-4-15(21)17-9-14-19-12-7-5-6-8-13(12)20(14)10-16(22)18-11(2)3/h5-8,11H,4,9-10H2,1-3H3,(H,17,21)(H,18,22). The minimum absolute atomic E-state index is 0.0368. The van der Waals surface area contributed by atoms with E-state index in [0.717, 1.165) is 11.0 Å². The molecule has 0 atom stereocenters. The van der Waals surface area contributed by atoms with Crippen LogP contribution in [0.25, 0.3) is 11.0 Å². The third-order valence-corrected chi connectivity index (χ3v) is 3.25. The van der Waals surface area contributed by atoms with Gasteiger partial charge in [0.2, 0.25) is 11.8 Å². The molecule has 0 saturated carbocycles. The molecule has 0 bridgehead atoms. The van der Waals surface area contributed by atoms with Crippen LogP contribution in [0.2, 0.25) is 0 Å². The predicted octanol–water partition coefficient (Wildman–Crippen LogP) is 1.59. The number of rotatable bonds is 6. The average molecular weight is 302 g/mol. The lowest BCUT2D eigenvalue weighted by Gasteiger charge is -2.12. The Labute approximate surface area is 129 Å². The van der Waals surface area contributed by atoms with E-state index in [1.807, 2.05) is 42.7 Å². The molecular weight excluding hydrogens is 280 g/mol. The summed E-state index contributed by atoms with van der Waals surface area (Å²) in [5.41, 5.74) is 1.71. The number of fused-ring (bicyclic) bond motifs is 1. The van der Waals surface area contributed by atoms with Gasteiger partial charge >= 0.3 is 0 Å². The van der Waals surface area contributed by atoms with Gasteiger partial charge in [-0.05, 0) is 26.0 Å². The van der Waals surface area contributed by atoms with Crippen molar-refractivity contribution < 1.29 is 9.59 Å². The number of nitrogens with zero attached hydrogens (tertiary/aromatic N) is 2. The maximum absolute atomic E-state index is 12.1. The van der Waals surface area contributed by atoms with Crippen molar-refractivity contribution >= 4 is 22.8 Å². The van der Waals surface area contributed by atoms with Gasteiger partial charge in [-0.25, -0.2) is 4.98 Å². The van der Waals surface area contributed by atoms with Gasteiger partial charge in [0.05, 0.1) is 17.6 Å². The number of benzene rings is 1. The number of carbonyl (C=O) groups is 2. The quantitative estimate of drug-likeness (QED) is 0.850. The van der Waals surface area contributed by atoms with Gasteiger partial charge in [-0.1, -0.05) is 19.1 Å². The zero-order valence-electron chi connectivity index (χ0n) is 13.2. The molecule has 22 heavy (non-hydrogen) atoms. The highest BCUT2D eigenvalue weighted by Gasteiger charge is 2.14. The number of imidazole rings is 1. The predicted molar refractivity (Wildman–Crippen MR) is 85.1 cm³/mol. The summed E-state index contributed by atoms with van der Waals surface area (Å²) in [6, 6.07) is 7.73. The van der Waals surface area contributed by atoms with Crippen molar-refractivity contribution in [3.63, 3.8) is 0 Å². The molecule has 1 aromatic heterocycles. The van der Waals surface area contributed by atoms with E-state index in [2.05, 4.69) is 15.6 Å².